The van der Waals surface area contributed by atoms with Gasteiger partial charge in [0.15, 0.2) is 11.5 Å². The molecular weight excluding hydrogens is 330 g/mol. The summed E-state index contributed by atoms with van der Waals surface area (Å²) in [5.74, 6) is -1.07. The summed E-state index contributed by atoms with van der Waals surface area (Å²) in [6.07, 6.45) is 0. The second-order valence-corrected chi connectivity index (χ2v) is 5.34. The number of hydrogen-bond acceptors (Lipinski definition) is 7. The summed E-state index contributed by atoms with van der Waals surface area (Å²) in [4.78, 5) is 24.0. The van der Waals surface area contributed by atoms with Crippen molar-refractivity contribution in [2.24, 2.45) is 14.1 Å². The molecule has 0 aliphatic carbocycles. The van der Waals surface area contributed by atoms with Crippen LogP contribution in [0.15, 0.2) is 16.9 Å². The van der Waals surface area contributed by atoms with Crippen LogP contribution in [0.25, 0.3) is 0 Å². The van der Waals surface area contributed by atoms with E-state index >= 15 is 0 Å². The number of phenols is 2. The number of amides is 1. The van der Waals surface area contributed by atoms with Crippen molar-refractivity contribution in [2.45, 2.75) is 0 Å². The fraction of sp³-hybridized carbons (Fsp3) is 0.333. The predicted octanol–water partition coefficient (Wildman–Crippen LogP) is -0.432. The molecule has 2 aromatic rings. The van der Waals surface area contributed by atoms with Crippen LogP contribution < -0.4 is 26.7 Å². The van der Waals surface area contributed by atoms with Crippen molar-refractivity contribution in [1.29, 1.82) is 0 Å². The standard InChI is InChI=1S/C15H21N5O5/c1-19-13(16)11(15(24)20(19)2)17-4-5-18-14(23)8-6-9(21)12(22)10(7-8)25-3/h6-7,17,21-22H,4-5,16H2,1-3H3,(H,18,23). The Bertz CT molecular complexity index is 855. The number of nitrogens with zero attached hydrogens (tertiary/aromatic N) is 2. The molecule has 0 unspecified atom stereocenters. The second-order valence-electron chi connectivity index (χ2n) is 5.34. The van der Waals surface area contributed by atoms with Crippen LogP contribution in [0.3, 0.4) is 0 Å². The van der Waals surface area contributed by atoms with E-state index in [0.717, 1.165) is 6.07 Å². The average Bonchev–Trinajstić information content (AvgIpc) is 2.77. The lowest BCUT2D eigenvalue weighted by Crippen LogP contribution is -2.29. The number of aromatic nitrogens is 2. The number of aromatic hydroxyl groups is 2. The van der Waals surface area contributed by atoms with Gasteiger partial charge in [-0.05, 0) is 12.1 Å². The van der Waals surface area contributed by atoms with Crippen LogP contribution in [0.1, 0.15) is 10.4 Å². The summed E-state index contributed by atoms with van der Waals surface area (Å²) in [5, 5.41) is 24.7. The van der Waals surface area contributed by atoms with E-state index in [1.165, 1.54) is 22.5 Å². The third kappa shape index (κ3) is 3.47. The van der Waals surface area contributed by atoms with Gasteiger partial charge in [-0.3, -0.25) is 19.0 Å². The number of carbonyl (C=O) groups is 1. The Labute approximate surface area is 143 Å². The zero-order valence-corrected chi connectivity index (χ0v) is 14.2. The third-order valence-electron chi connectivity index (χ3n) is 3.81. The first kappa shape index (κ1) is 18.0. The second kappa shape index (κ2) is 7.07. The minimum absolute atomic E-state index is 0.0103. The van der Waals surface area contributed by atoms with E-state index in [1.807, 2.05) is 0 Å². The summed E-state index contributed by atoms with van der Waals surface area (Å²) in [6, 6.07) is 2.44. The molecule has 0 spiro atoms. The first-order valence-electron chi connectivity index (χ1n) is 7.41. The largest absolute Gasteiger partial charge is 0.504 e. The number of nitrogens with two attached hydrogens (primary N) is 1. The molecule has 0 fully saturated rings. The van der Waals surface area contributed by atoms with Gasteiger partial charge < -0.3 is 31.3 Å². The molecule has 6 N–H and O–H groups in total. The van der Waals surface area contributed by atoms with Gasteiger partial charge in [0.05, 0.1) is 7.11 Å². The average molecular weight is 351 g/mol. The molecule has 0 bridgehead atoms. The van der Waals surface area contributed by atoms with E-state index in [4.69, 9.17) is 10.5 Å². The Morgan fingerprint density at radius 2 is 1.92 bits per heavy atom. The van der Waals surface area contributed by atoms with E-state index in [1.54, 1.807) is 14.1 Å². The van der Waals surface area contributed by atoms with Crippen molar-refractivity contribution in [2.75, 3.05) is 31.2 Å². The monoisotopic (exact) mass is 351 g/mol. The van der Waals surface area contributed by atoms with Gasteiger partial charge in [-0.2, -0.15) is 0 Å². The number of nitrogens with one attached hydrogen (secondary N) is 2. The smallest absolute Gasteiger partial charge is 0.292 e. The molecule has 0 aliphatic rings. The number of methoxy groups -OCH3 is 1. The topological polar surface area (TPSA) is 144 Å². The van der Waals surface area contributed by atoms with E-state index < -0.39 is 17.4 Å². The molecular formula is C15H21N5O5. The molecule has 10 nitrogen and oxygen atoms in total. The van der Waals surface area contributed by atoms with Gasteiger partial charge in [0, 0.05) is 32.7 Å². The molecule has 0 saturated heterocycles. The molecule has 1 heterocycles. The maximum absolute atomic E-state index is 12.1. The molecule has 0 atom stereocenters. The predicted molar refractivity (Wildman–Crippen MR) is 92.2 cm³/mol. The van der Waals surface area contributed by atoms with Gasteiger partial charge in [-0.25, -0.2) is 0 Å². The molecule has 25 heavy (non-hydrogen) atoms. The van der Waals surface area contributed by atoms with Crippen molar-refractivity contribution < 1.29 is 19.7 Å². The van der Waals surface area contributed by atoms with Gasteiger partial charge in [0.25, 0.3) is 11.5 Å². The molecule has 1 aromatic carbocycles. The van der Waals surface area contributed by atoms with Crippen molar-refractivity contribution in [3.05, 3.63) is 28.0 Å². The quantitative estimate of drug-likeness (QED) is 0.351. The zero-order chi connectivity index (χ0) is 18.7. The number of ether oxygens (including phenoxy) is 1. The maximum Gasteiger partial charge on any atom is 0.292 e. The number of anilines is 2. The van der Waals surface area contributed by atoms with Crippen LogP contribution in [0.4, 0.5) is 11.5 Å². The molecule has 1 aromatic heterocycles. The van der Waals surface area contributed by atoms with Crippen LogP contribution >= 0.6 is 0 Å². The van der Waals surface area contributed by atoms with Crippen LogP contribution in [-0.4, -0.2) is 45.7 Å². The fourth-order valence-corrected chi connectivity index (χ4v) is 2.24. The van der Waals surface area contributed by atoms with Gasteiger partial charge in [0.1, 0.15) is 11.5 Å². The zero-order valence-electron chi connectivity index (χ0n) is 14.2. The Kier molecular flexibility index (Phi) is 5.11. The van der Waals surface area contributed by atoms with Gasteiger partial charge in [0.2, 0.25) is 5.75 Å². The van der Waals surface area contributed by atoms with Crippen molar-refractivity contribution >= 4 is 17.4 Å². The van der Waals surface area contributed by atoms with Gasteiger partial charge in [-0.15, -0.1) is 0 Å². The van der Waals surface area contributed by atoms with Crippen molar-refractivity contribution in [1.82, 2.24) is 14.7 Å². The molecule has 1 amide bonds. The number of rotatable bonds is 6. The van der Waals surface area contributed by atoms with Crippen LogP contribution in [-0.2, 0) is 14.1 Å². The Morgan fingerprint density at radius 3 is 2.48 bits per heavy atom. The first-order chi connectivity index (χ1) is 11.8. The van der Waals surface area contributed by atoms with E-state index in [0.29, 0.717) is 5.82 Å². The van der Waals surface area contributed by atoms with Gasteiger partial charge >= 0.3 is 0 Å². The minimum Gasteiger partial charge on any atom is -0.504 e. The number of phenolic OH excluding ortho intramolecular Hbond substituents is 2. The molecule has 2 rings (SSSR count). The highest BCUT2D eigenvalue weighted by Crippen LogP contribution is 2.36. The minimum atomic E-state index is -0.468. The van der Waals surface area contributed by atoms with Crippen LogP contribution in [0.5, 0.6) is 17.2 Å². The van der Waals surface area contributed by atoms with E-state index in [9.17, 15) is 19.8 Å². The summed E-state index contributed by atoms with van der Waals surface area (Å²) in [7, 11) is 4.57. The number of nitrogen functional groups attached to an aromatic ring is 1. The van der Waals surface area contributed by atoms with Crippen LogP contribution in [0, 0.1) is 0 Å². The van der Waals surface area contributed by atoms with Crippen LogP contribution in [0.2, 0.25) is 0 Å². The lowest BCUT2D eigenvalue weighted by Gasteiger charge is -2.10. The molecule has 0 aliphatic heterocycles. The number of carbonyl (C=O) groups excluding carboxylic acids is 1. The molecule has 0 saturated carbocycles. The fourth-order valence-electron chi connectivity index (χ4n) is 2.24. The third-order valence-corrected chi connectivity index (χ3v) is 3.81. The maximum atomic E-state index is 12.1. The molecule has 0 radical (unpaired) electrons. The van der Waals surface area contributed by atoms with Gasteiger partial charge in [-0.1, -0.05) is 0 Å². The molecule has 136 valence electrons. The van der Waals surface area contributed by atoms with Crippen molar-refractivity contribution in [3.8, 4) is 17.2 Å². The Morgan fingerprint density at radius 1 is 1.24 bits per heavy atom. The highest BCUT2D eigenvalue weighted by Gasteiger charge is 2.15. The first-order valence-corrected chi connectivity index (χ1v) is 7.41. The lowest BCUT2D eigenvalue weighted by molar-refractivity contribution is 0.0954. The summed E-state index contributed by atoms with van der Waals surface area (Å²) >= 11 is 0. The summed E-state index contributed by atoms with van der Waals surface area (Å²) in [6.45, 7) is 0.483. The van der Waals surface area contributed by atoms with Crippen molar-refractivity contribution in [3.63, 3.8) is 0 Å². The summed E-state index contributed by atoms with van der Waals surface area (Å²) < 4.78 is 7.76. The highest BCUT2D eigenvalue weighted by atomic mass is 16.5. The summed E-state index contributed by atoms with van der Waals surface area (Å²) in [5.41, 5.74) is 5.96. The number of benzene rings is 1. The normalized spacial score (nSPS) is 10.5. The van der Waals surface area contributed by atoms with E-state index in [-0.39, 0.29) is 35.6 Å². The molecule has 10 heteroatoms. The Hall–Kier alpha value is -3.30. The lowest BCUT2D eigenvalue weighted by atomic mass is 10.1. The SMILES string of the molecule is COc1cc(C(=O)NCCNc2c(N)n(C)n(C)c2=O)cc(O)c1O. The Balaban J connectivity index is 1.97. The number of hydrogen-bond donors (Lipinski definition) is 5. The highest BCUT2D eigenvalue weighted by molar-refractivity contribution is 5.95. The van der Waals surface area contributed by atoms with E-state index in [2.05, 4.69) is 10.6 Å².